The summed E-state index contributed by atoms with van der Waals surface area (Å²) in [6.07, 6.45) is 5.40. The molecule has 0 bridgehead atoms. The van der Waals surface area contributed by atoms with Crippen molar-refractivity contribution in [3.8, 4) is 18.1 Å². The van der Waals surface area contributed by atoms with Crippen molar-refractivity contribution in [3.63, 3.8) is 0 Å². The van der Waals surface area contributed by atoms with Gasteiger partial charge in [0, 0.05) is 19.6 Å². The first-order chi connectivity index (χ1) is 12.3. The highest BCUT2D eigenvalue weighted by Crippen LogP contribution is 2.31. The molecule has 1 fully saturated rings. The molecule has 2 aromatic rings. The maximum absolute atomic E-state index is 5.69. The van der Waals surface area contributed by atoms with Gasteiger partial charge in [-0.25, -0.2) is 0 Å². The summed E-state index contributed by atoms with van der Waals surface area (Å²) in [6, 6.07) is 18.4. The van der Waals surface area contributed by atoms with Crippen LogP contribution in [0, 0.1) is 18.3 Å². The van der Waals surface area contributed by atoms with Crippen molar-refractivity contribution < 1.29 is 9.57 Å². The van der Waals surface area contributed by atoms with E-state index >= 15 is 0 Å². The molecule has 0 aliphatic carbocycles. The van der Waals surface area contributed by atoms with E-state index in [1.807, 2.05) is 30.3 Å². The minimum atomic E-state index is 0.149. The Balaban J connectivity index is 1.42. The fourth-order valence-corrected chi connectivity index (χ4v) is 3.54. The zero-order valence-corrected chi connectivity index (χ0v) is 14.0. The number of likely N-dealkylation sites (tertiary alicyclic amines) is 1. The summed E-state index contributed by atoms with van der Waals surface area (Å²) in [5.74, 6) is 3.65. The van der Waals surface area contributed by atoms with Gasteiger partial charge in [0.1, 0.15) is 18.5 Å². The first-order valence-corrected chi connectivity index (χ1v) is 8.50. The lowest BCUT2D eigenvalue weighted by Crippen LogP contribution is -2.23. The van der Waals surface area contributed by atoms with Crippen LogP contribution in [0.2, 0.25) is 0 Å². The number of terminal acetylenes is 1. The van der Waals surface area contributed by atoms with E-state index in [1.165, 1.54) is 5.56 Å². The van der Waals surface area contributed by atoms with Crippen molar-refractivity contribution in [3.05, 3.63) is 65.7 Å². The van der Waals surface area contributed by atoms with Gasteiger partial charge in [-0.2, -0.15) is 0 Å². The largest absolute Gasteiger partial charge is 0.481 e. The fourth-order valence-electron chi connectivity index (χ4n) is 3.54. The molecule has 2 aliphatic rings. The standard InChI is InChI=1S/C21H20N2O2/c1-2-11-24-18-10-6-7-16(12-18)13-23-14-19-20(15-23)25-22-21(19)17-8-4-3-5-9-17/h1,3-10,12,19-20H,11,13-15H2/t19-,20+/m1/s1. The topological polar surface area (TPSA) is 34.1 Å². The maximum atomic E-state index is 5.69. The van der Waals surface area contributed by atoms with Crippen LogP contribution in [0.5, 0.6) is 5.75 Å². The first-order valence-electron chi connectivity index (χ1n) is 8.50. The van der Waals surface area contributed by atoms with Crippen molar-refractivity contribution in [2.24, 2.45) is 11.1 Å². The molecular weight excluding hydrogens is 312 g/mol. The third-order valence-electron chi connectivity index (χ3n) is 4.68. The van der Waals surface area contributed by atoms with Crippen molar-refractivity contribution in [1.29, 1.82) is 0 Å². The van der Waals surface area contributed by atoms with E-state index in [9.17, 15) is 0 Å². The predicted octanol–water partition coefficient (Wildman–Crippen LogP) is 2.93. The van der Waals surface area contributed by atoms with Crippen LogP contribution in [0.25, 0.3) is 0 Å². The quantitative estimate of drug-likeness (QED) is 0.790. The van der Waals surface area contributed by atoms with Crippen LogP contribution in [-0.2, 0) is 11.4 Å². The molecule has 126 valence electrons. The highest BCUT2D eigenvalue weighted by atomic mass is 16.6. The molecular formula is C21H20N2O2. The second kappa shape index (κ2) is 7.00. The minimum Gasteiger partial charge on any atom is -0.481 e. The van der Waals surface area contributed by atoms with Crippen LogP contribution >= 0.6 is 0 Å². The van der Waals surface area contributed by atoms with E-state index in [-0.39, 0.29) is 6.10 Å². The van der Waals surface area contributed by atoms with Crippen LogP contribution in [0.1, 0.15) is 11.1 Å². The van der Waals surface area contributed by atoms with Crippen molar-refractivity contribution in [2.45, 2.75) is 12.6 Å². The summed E-state index contributed by atoms with van der Waals surface area (Å²) in [4.78, 5) is 8.10. The van der Waals surface area contributed by atoms with Crippen LogP contribution < -0.4 is 4.74 Å². The van der Waals surface area contributed by atoms with Crippen molar-refractivity contribution in [2.75, 3.05) is 19.7 Å². The van der Waals surface area contributed by atoms with E-state index in [0.717, 1.165) is 36.7 Å². The molecule has 4 heteroatoms. The molecule has 2 aliphatic heterocycles. The second-order valence-electron chi connectivity index (χ2n) is 6.43. The Morgan fingerprint density at radius 2 is 2.04 bits per heavy atom. The van der Waals surface area contributed by atoms with E-state index < -0.39 is 0 Å². The molecule has 4 nitrogen and oxygen atoms in total. The summed E-state index contributed by atoms with van der Waals surface area (Å²) in [6.45, 7) is 3.00. The molecule has 0 amide bonds. The summed E-state index contributed by atoms with van der Waals surface area (Å²) in [5.41, 5.74) is 3.44. The Bertz CT molecular complexity index is 810. The number of ether oxygens (including phenoxy) is 1. The molecule has 0 N–H and O–H groups in total. The van der Waals surface area contributed by atoms with E-state index in [0.29, 0.717) is 12.5 Å². The zero-order valence-electron chi connectivity index (χ0n) is 14.0. The van der Waals surface area contributed by atoms with Gasteiger partial charge in [-0.1, -0.05) is 53.5 Å². The molecule has 0 saturated carbocycles. The number of rotatable bonds is 5. The summed E-state index contributed by atoms with van der Waals surface area (Å²) in [5, 5.41) is 4.33. The molecule has 25 heavy (non-hydrogen) atoms. The minimum absolute atomic E-state index is 0.149. The van der Waals surface area contributed by atoms with Gasteiger partial charge in [0.2, 0.25) is 0 Å². The van der Waals surface area contributed by atoms with Gasteiger partial charge < -0.3 is 9.57 Å². The van der Waals surface area contributed by atoms with Crippen molar-refractivity contribution in [1.82, 2.24) is 4.90 Å². The lowest BCUT2D eigenvalue weighted by atomic mass is 9.95. The highest BCUT2D eigenvalue weighted by molar-refractivity contribution is 6.03. The van der Waals surface area contributed by atoms with Gasteiger partial charge in [-0.05, 0) is 23.3 Å². The van der Waals surface area contributed by atoms with Crippen LogP contribution in [0.15, 0.2) is 59.8 Å². The van der Waals surface area contributed by atoms with Crippen LogP contribution in [0.3, 0.4) is 0 Å². The smallest absolute Gasteiger partial charge is 0.149 e. The third-order valence-corrected chi connectivity index (χ3v) is 4.68. The molecule has 2 aromatic carbocycles. The molecule has 0 radical (unpaired) electrons. The van der Waals surface area contributed by atoms with Crippen LogP contribution in [-0.4, -0.2) is 36.4 Å². The monoisotopic (exact) mass is 332 g/mol. The lowest BCUT2D eigenvalue weighted by Gasteiger charge is -2.17. The average molecular weight is 332 g/mol. The van der Waals surface area contributed by atoms with E-state index in [1.54, 1.807) is 0 Å². The molecule has 4 rings (SSSR count). The number of nitrogens with zero attached hydrogens (tertiary/aromatic N) is 2. The first kappa shape index (κ1) is 15.7. The summed E-state index contributed by atoms with van der Waals surface area (Å²) >= 11 is 0. The molecule has 0 unspecified atom stereocenters. The van der Waals surface area contributed by atoms with Gasteiger partial charge in [0.15, 0.2) is 0 Å². The highest BCUT2D eigenvalue weighted by Gasteiger charge is 2.42. The predicted molar refractivity (Wildman–Crippen MR) is 97.4 cm³/mol. The number of hydrogen-bond donors (Lipinski definition) is 0. The number of benzene rings is 2. The average Bonchev–Trinajstić information content (AvgIpc) is 3.21. The Morgan fingerprint density at radius 3 is 2.88 bits per heavy atom. The SMILES string of the molecule is C#CCOc1cccc(CN2C[C@@H]3ON=C(c4ccccc4)[C@@H]3C2)c1. The Morgan fingerprint density at radius 1 is 1.16 bits per heavy atom. The maximum Gasteiger partial charge on any atom is 0.149 e. The Labute approximate surface area is 148 Å². The molecule has 0 spiro atoms. The summed E-state index contributed by atoms with van der Waals surface area (Å²) < 4.78 is 5.51. The zero-order chi connectivity index (χ0) is 17.1. The van der Waals surface area contributed by atoms with Gasteiger partial charge in [0.05, 0.1) is 11.6 Å². The number of hydrogen-bond acceptors (Lipinski definition) is 4. The molecule has 2 atom stereocenters. The Kier molecular flexibility index (Phi) is 4.41. The third kappa shape index (κ3) is 3.38. The van der Waals surface area contributed by atoms with Crippen molar-refractivity contribution >= 4 is 5.71 Å². The summed E-state index contributed by atoms with van der Waals surface area (Å²) in [7, 11) is 0. The second-order valence-corrected chi connectivity index (χ2v) is 6.43. The normalized spacial score (nSPS) is 22.0. The van der Waals surface area contributed by atoms with E-state index in [4.69, 9.17) is 16.0 Å². The number of fused-ring (bicyclic) bond motifs is 1. The number of oxime groups is 1. The Hall–Kier alpha value is -2.77. The van der Waals surface area contributed by atoms with Gasteiger partial charge in [-0.15, -0.1) is 6.42 Å². The van der Waals surface area contributed by atoms with Gasteiger partial charge in [0.25, 0.3) is 0 Å². The van der Waals surface area contributed by atoms with Crippen LogP contribution in [0.4, 0.5) is 0 Å². The van der Waals surface area contributed by atoms with Gasteiger partial charge >= 0.3 is 0 Å². The van der Waals surface area contributed by atoms with E-state index in [2.05, 4.69) is 40.2 Å². The molecule has 2 heterocycles. The molecule has 0 aromatic heterocycles. The lowest BCUT2D eigenvalue weighted by molar-refractivity contribution is 0.0745. The van der Waals surface area contributed by atoms with Gasteiger partial charge in [-0.3, -0.25) is 4.90 Å². The fraction of sp³-hybridized carbons (Fsp3) is 0.286. The molecule has 1 saturated heterocycles.